The van der Waals surface area contributed by atoms with Gasteiger partial charge in [0.15, 0.2) is 5.13 Å². The summed E-state index contributed by atoms with van der Waals surface area (Å²) >= 11 is 3.14. The third-order valence-corrected chi connectivity index (χ3v) is 6.25. The molecule has 0 bridgehead atoms. The molecule has 0 atom stereocenters. The summed E-state index contributed by atoms with van der Waals surface area (Å²) in [6.07, 6.45) is 8.76. The summed E-state index contributed by atoms with van der Waals surface area (Å²) in [6, 6.07) is 2.14. The number of amides is 2. The van der Waals surface area contributed by atoms with E-state index in [2.05, 4.69) is 30.9 Å². The molecule has 4 rings (SSSR count). The molecule has 1 saturated carbocycles. The Morgan fingerprint density at radius 3 is 3.00 bits per heavy atom. The summed E-state index contributed by atoms with van der Waals surface area (Å²) in [4.78, 5) is 26.0. The molecule has 0 saturated heterocycles. The van der Waals surface area contributed by atoms with Gasteiger partial charge in [0.25, 0.3) is 0 Å². The minimum absolute atomic E-state index is 0.156. The van der Waals surface area contributed by atoms with Crippen molar-refractivity contribution in [2.45, 2.75) is 38.1 Å². The third-order valence-electron chi connectivity index (χ3n) is 4.37. The van der Waals surface area contributed by atoms with E-state index in [0.717, 1.165) is 46.7 Å². The first-order chi connectivity index (χ1) is 12.8. The molecule has 0 spiro atoms. The van der Waals surface area contributed by atoms with E-state index in [1.165, 1.54) is 24.2 Å². The van der Waals surface area contributed by atoms with Crippen LogP contribution in [0.25, 0.3) is 10.2 Å². The summed E-state index contributed by atoms with van der Waals surface area (Å²) < 4.78 is 1.07. The van der Waals surface area contributed by atoms with Crippen molar-refractivity contribution in [1.29, 1.82) is 0 Å². The molecule has 2 amide bonds. The van der Waals surface area contributed by atoms with Gasteiger partial charge in [-0.25, -0.2) is 19.7 Å². The summed E-state index contributed by atoms with van der Waals surface area (Å²) in [5.74, 6) is 0.865. The highest BCUT2D eigenvalue weighted by atomic mass is 32.1. The summed E-state index contributed by atoms with van der Waals surface area (Å²) in [6.45, 7) is 0.750. The Hall–Kier alpha value is -2.26. The number of nitrogens with one attached hydrogen (secondary N) is 3. The smallest absolute Gasteiger partial charge is 0.321 e. The highest BCUT2D eigenvalue weighted by Gasteiger charge is 2.17. The van der Waals surface area contributed by atoms with E-state index < -0.39 is 0 Å². The summed E-state index contributed by atoms with van der Waals surface area (Å²) in [5.41, 5.74) is 0.963. The highest BCUT2D eigenvalue weighted by Crippen LogP contribution is 2.25. The van der Waals surface area contributed by atoms with Crippen LogP contribution >= 0.6 is 22.7 Å². The zero-order valence-electron chi connectivity index (χ0n) is 14.2. The van der Waals surface area contributed by atoms with E-state index in [-0.39, 0.29) is 6.03 Å². The van der Waals surface area contributed by atoms with Gasteiger partial charge in [-0.2, -0.15) is 0 Å². The number of hydrogen-bond acceptors (Lipinski definition) is 7. The monoisotopic (exact) mass is 388 g/mol. The maximum absolute atomic E-state index is 12.0. The molecule has 0 radical (unpaired) electrons. The van der Waals surface area contributed by atoms with Crippen LogP contribution in [-0.4, -0.2) is 33.6 Å². The Morgan fingerprint density at radius 1 is 1.23 bits per heavy atom. The number of carbonyl (C=O) groups is 1. The van der Waals surface area contributed by atoms with Crippen molar-refractivity contribution in [2.75, 3.05) is 17.2 Å². The Kier molecular flexibility index (Phi) is 5.26. The van der Waals surface area contributed by atoms with Gasteiger partial charge in [0.1, 0.15) is 12.1 Å². The van der Waals surface area contributed by atoms with Gasteiger partial charge in [-0.05, 0) is 24.3 Å². The lowest BCUT2D eigenvalue weighted by atomic mass is 10.3. The van der Waals surface area contributed by atoms with Gasteiger partial charge >= 0.3 is 6.03 Å². The standard InChI is InChI=1S/C17H20N6OS2/c24-16(22-11-3-1-2-4-11)23-17-19-9-12(26-17)5-7-18-15-14-13(6-8-25-14)20-10-21-15/h6,8-11H,1-5,7H2,(H,18,20,21)(H2,19,22,23,24). The van der Waals surface area contributed by atoms with Crippen molar-refractivity contribution >= 4 is 49.9 Å². The number of anilines is 2. The Balaban J connectivity index is 1.27. The van der Waals surface area contributed by atoms with Gasteiger partial charge in [0.05, 0.1) is 10.2 Å². The highest BCUT2D eigenvalue weighted by molar-refractivity contribution is 7.17. The second-order valence-electron chi connectivity index (χ2n) is 6.25. The van der Waals surface area contributed by atoms with E-state index in [9.17, 15) is 4.79 Å². The van der Waals surface area contributed by atoms with Crippen LogP contribution in [-0.2, 0) is 6.42 Å². The summed E-state index contributed by atoms with van der Waals surface area (Å²) in [5, 5.41) is 11.9. The second kappa shape index (κ2) is 7.96. The lowest BCUT2D eigenvalue weighted by Gasteiger charge is -2.11. The number of thiazole rings is 1. The van der Waals surface area contributed by atoms with E-state index in [1.54, 1.807) is 17.7 Å². The molecule has 26 heavy (non-hydrogen) atoms. The average molecular weight is 389 g/mol. The van der Waals surface area contributed by atoms with Crippen LogP contribution in [0.5, 0.6) is 0 Å². The number of rotatable bonds is 6. The first-order valence-corrected chi connectivity index (χ1v) is 10.4. The van der Waals surface area contributed by atoms with Crippen molar-refractivity contribution in [1.82, 2.24) is 20.3 Å². The number of aromatic nitrogens is 3. The minimum atomic E-state index is -0.156. The minimum Gasteiger partial charge on any atom is -0.368 e. The number of hydrogen-bond donors (Lipinski definition) is 3. The van der Waals surface area contributed by atoms with Crippen LogP contribution in [0.1, 0.15) is 30.6 Å². The maximum atomic E-state index is 12.0. The lowest BCUT2D eigenvalue weighted by Crippen LogP contribution is -2.36. The number of nitrogens with zero attached hydrogens (tertiary/aromatic N) is 3. The number of thiophene rings is 1. The molecule has 0 unspecified atom stereocenters. The quantitative estimate of drug-likeness (QED) is 0.596. The fourth-order valence-corrected chi connectivity index (χ4v) is 4.71. The van der Waals surface area contributed by atoms with Crippen LogP contribution in [0.3, 0.4) is 0 Å². The molecular formula is C17H20N6OS2. The van der Waals surface area contributed by atoms with Crippen molar-refractivity contribution in [2.24, 2.45) is 0 Å². The van der Waals surface area contributed by atoms with E-state index in [1.807, 2.05) is 17.6 Å². The first kappa shape index (κ1) is 17.2. The number of fused-ring (bicyclic) bond motifs is 1. The average Bonchev–Trinajstić information content (AvgIpc) is 3.36. The first-order valence-electron chi connectivity index (χ1n) is 8.72. The predicted molar refractivity (Wildman–Crippen MR) is 106 cm³/mol. The summed E-state index contributed by atoms with van der Waals surface area (Å²) in [7, 11) is 0. The van der Waals surface area contributed by atoms with Gasteiger partial charge < -0.3 is 10.6 Å². The molecule has 3 N–H and O–H groups in total. The molecule has 7 nitrogen and oxygen atoms in total. The second-order valence-corrected chi connectivity index (χ2v) is 8.28. The van der Waals surface area contributed by atoms with Crippen LogP contribution in [0.4, 0.5) is 15.7 Å². The van der Waals surface area contributed by atoms with Crippen LogP contribution in [0, 0.1) is 0 Å². The normalized spacial score (nSPS) is 14.6. The molecule has 9 heteroatoms. The Bertz CT molecular complexity index is 886. The molecule has 1 aliphatic rings. The molecule has 0 aliphatic heterocycles. The van der Waals surface area contributed by atoms with Gasteiger partial charge in [-0.1, -0.05) is 12.8 Å². The molecule has 3 aromatic rings. The number of carbonyl (C=O) groups excluding carboxylic acids is 1. The predicted octanol–water partition coefficient (Wildman–Crippen LogP) is 3.87. The molecule has 3 aromatic heterocycles. The van der Waals surface area contributed by atoms with E-state index >= 15 is 0 Å². The van der Waals surface area contributed by atoms with Crippen molar-refractivity contribution in [3.63, 3.8) is 0 Å². The maximum Gasteiger partial charge on any atom is 0.321 e. The van der Waals surface area contributed by atoms with Gasteiger partial charge in [-0.15, -0.1) is 22.7 Å². The lowest BCUT2D eigenvalue weighted by molar-refractivity contribution is 0.248. The third kappa shape index (κ3) is 4.10. The zero-order chi connectivity index (χ0) is 17.8. The van der Waals surface area contributed by atoms with Gasteiger partial charge in [0.2, 0.25) is 0 Å². The Morgan fingerprint density at radius 2 is 2.12 bits per heavy atom. The molecule has 1 fully saturated rings. The molecule has 136 valence electrons. The van der Waals surface area contributed by atoms with Crippen molar-refractivity contribution in [3.05, 3.63) is 28.8 Å². The van der Waals surface area contributed by atoms with Crippen molar-refractivity contribution in [3.8, 4) is 0 Å². The zero-order valence-corrected chi connectivity index (χ0v) is 15.8. The molecular weight excluding hydrogens is 368 g/mol. The fraction of sp³-hybridized carbons (Fsp3) is 0.412. The van der Waals surface area contributed by atoms with Crippen LogP contribution in [0.2, 0.25) is 0 Å². The van der Waals surface area contributed by atoms with Crippen LogP contribution < -0.4 is 16.0 Å². The SMILES string of the molecule is O=C(Nc1ncc(CCNc2ncnc3ccsc23)s1)NC1CCCC1. The van der Waals surface area contributed by atoms with E-state index in [4.69, 9.17) is 0 Å². The molecule has 3 heterocycles. The molecule has 1 aliphatic carbocycles. The van der Waals surface area contributed by atoms with Gasteiger partial charge in [-0.3, -0.25) is 5.32 Å². The van der Waals surface area contributed by atoms with Crippen molar-refractivity contribution < 1.29 is 4.79 Å². The topological polar surface area (TPSA) is 91.8 Å². The largest absolute Gasteiger partial charge is 0.368 e. The molecule has 0 aromatic carbocycles. The van der Waals surface area contributed by atoms with Gasteiger partial charge in [0, 0.05) is 30.1 Å². The number of urea groups is 1. The Labute approximate surface area is 159 Å². The fourth-order valence-electron chi connectivity index (χ4n) is 3.09. The van der Waals surface area contributed by atoms with Crippen LogP contribution in [0.15, 0.2) is 24.0 Å². The van der Waals surface area contributed by atoms with E-state index in [0.29, 0.717) is 11.2 Å².